The zero-order valence-electron chi connectivity index (χ0n) is 11.4. The molecule has 18 heavy (non-hydrogen) atoms. The lowest BCUT2D eigenvalue weighted by Crippen LogP contribution is -2.40. The molecule has 104 valence electrons. The highest BCUT2D eigenvalue weighted by Gasteiger charge is 2.29. The number of ether oxygens (including phenoxy) is 1. The topological polar surface area (TPSA) is 55.6 Å². The molecule has 0 aromatic carbocycles. The van der Waals surface area contributed by atoms with Crippen LogP contribution in [-0.2, 0) is 9.53 Å². The summed E-state index contributed by atoms with van der Waals surface area (Å²) < 4.78 is 5.95. The molecule has 1 amide bonds. The van der Waals surface area contributed by atoms with E-state index in [4.69, 9.17) is 10.5 Å². The molecule has 2 fully saturated rings. The van der Waals surface area contributed by atoms with E-state index in [-0.39, 0.29) is 24.2 Å². The minimum absolute atomic E-state index is 0.118. The highest BCUT2D eigenvalue weighted by Crippen LogP contribution is 2.21. The van der Waals surface area contributed by atoms with Gasteiger partial charge in [0.25, 0.3) is 5.91 Å². The van der Waals surface area contributed by atoms with Gasteiger partial charge in [-0.05, 0) is 26.2 Å². The number of hydrogen-bond donors (Lipinski definition) is 1. The van der Waals surface area contributed by atoms with Crippen LogP contribution < -0.4 is 5.73 Å². The highest BCUT2D eigenvalue weighted by molar-refractivity contribution is 5.80. The number of amides is 1. The van der Waals surface area contributed by atoms with Crippen LogP contribution in [0.3, 0.4) is 0 Å². The third kappa shape index (κ3) is 3.69. The standard InChI is InChI=1S/C14H26N2O2/c1-11(14(17)16-9-8-12(15)10-16)18-13-6-4-2-3-5-7-13/h11-13H,2-10,15H2,1H3/t11?,12-/m1/s1. The van der Waals surface area contributed by atoms with E-state index in [0.29, 0.717) is 6.54 Å². The van der Waals surface area contributed by atoms with Gasteiger partial charge in [0.1, 0.15) is 6.10 Å². The lowest BCUT2D eigenvalue weighted by atomic mass is 10.1. The van der Waals surface area contributed by atoms with E-state index >= 15 is 0 Å². The Hall–Kier alpha value is -0.610. The van der Waals surface area contributed by atoms with Crippen molar-refractivity contribution in [3.05, 3.63) is 0 Å². The second-order valence-corrected chi connectivity index (χ2v) is 5.72. The highest BCUT2D eigenvalue weighted by atomic mass is 16.5. The summed E-state index contributed by atoms with van der Waals surface area (Å²) in [6.45, 7) is 3.37. The molecule has 0 bridgehead atoms. The van der Waals surface area contributed by atoms with E-state index in [2.05, 4.69) is 0 Å². The third-order valence-electron chi connectivity index (χ3n) is 4.08. The molecule has 1 aliphatic carbocycles. The largest absolute Gasteiger partial charge is 0.365 e. The fraction of sp³-hybridized carbons (Fsp3) is 0.929. The number of carbonyl (C=O) groups excluding carboxylic acids is 1. The van der Waals surface area contributed by atoms with E-state index in [9.17, 15) is 4.79 Å². The Bertz CT molecular complexity index is 275. The molecule has 4 nitrogen and oxygen atoms in total. The van der Waals surface area contributed by atoms with Gasteiger partial charge in [-0.1, -0.05) is 25.7 Å². The second-order valence-electron chi connectivity index (χ2n) is 5.72. The van der Waals surface area contributed by atoms with Crippen LogP contribution in [0.15, 0.2) is 0 Å². The number of carbonyl (C=O) groups is 1. The van der Waals surface area contributed by atoms with E-state index in [1.807, 2.05) is 11.8 Å². The first-order valence-corrected chi connectivity index (χ1v) is 7.36. The number of nitrogens with two attached hydrogens (primary N) is 1. The number of rotatable bonds is 3. The normalized spacial score (nSPS) is 28.1. The lowest BCUT2D eigenvalue weighted by molar-refractivity contribution is -0.145. The molecule has 0 aromatic heterocycles. The van der Waals surface area contributed by atoms with Crippen molar-refractivity contribution in [3.63, 3.8) is 0 Å². The molecule has 4 heteroatoms. The summed E-state index contributed by atoms with van der Waals surface area (Å²) in [5.41, 5.74) is 5.83. The molecule has 2 aliphatic rings. The van der Waals surface area contributed by atoms with Crippen LogP contribution in [0.4, 0.5) is 0 Å². The molecule has 2 atom stereocenters. The number of hydrogen-bond acceptors (Lipinski definition) is 3. The van der Waals surface area contributed by atoms with Crippen LogP contribution in [0.2, 0.25) is 0 Å². The van der Waals surface area contributed by atoms with Gasteiger partial charge < -0.3 is 15.4 Å². The maximum absolute atomic E-state index is 12.2. The number of likely N-dealkylation sites (tertiary alicyclic amines) is 1. The zero-order chi connectivity index (χ0) is 13.0. The van der Waals surface area contributed by atoms with E-state index in [0.717, 1.165) is 25.8 Å². The van der Waals surface area contributed by atoms with E-state index in [1.165, 1.54) is 25.7 Å². The molecule has 1 unspecified atom stereocenters. The van der Waals surface area contributed by atoms with Gasteiger partial charge in [0.15, 0.2) is 0 Å². The van der Waals surface area contributed by atoms with Gasteiger partial charge in [-0.3, -0.25) is 4.79 Å². The molecule has 0 radical (unpaired) electrons. The third-order valence-corrected chi connectivity index (χ3v) is 4.08. The summed E-state index contributed by atoms with van der Waals surface area (Å²) in [7, 11) is 0. The molecule has 1 saturated carbocycles. The summed E-state index contributed by atoms with van der Waals surface area (Å²) in [5, 5.41) is 0. The van der Waals surface area contributed by atoms with Crippen molar-refractivity contribution in [1.82, 2.24) is 4.90 Å². The molecule has 0 aromatic rings. The van der Waals surface area contributed by atoms with Gasteiger partial charge in [0.2, 0.25) is 0 Å². The van der Waals surface area contributed by atoms with Crippen molar-refractivity contribution < 1.29 is 9.53 Å². The fourth-order valence-electron chi connectivity index (χ4n) is 2.97. The summed E-state index contributed by atoms with van der Waals surface area (Å²) in [6.07, 6.45) is 8.20. The minimum Gasteiger partial charge on any atom is -0.365 e. The summed E-state index contributed by atoms with van der Waals surface area (Å²) >= 11 is 0. The summed E-state index contributed by atoms with van der Waals surface area (Å²) in [4.78, 5) is 14.0. The van der Waals surface area contributed by atoms with Gasteiger partial charge >= 0.3 is 0 Å². The van der Waals surface area contributed by atoms with Gasteiger partial charge in [-0.15, -0.1) is 0 Å². The second kappa shape index (κ2) is 6.53. The Balaban J connectivity index is 1.79. The van der Waals surface area contributed by atoms with E-state index < -0.39 is 0 Å². The Morgan fingerprint density at radius 1 is 1.22 bits per heavy atom. The maximum Gasteiger partial charge on any atom is 0.251 e. The van der Waals surface area contributed by atoms with Gasteiger partial charge in [-0.25, -0.2) is 0 Å². The quantitative estimate of drug-likeness (QED) is 0.780. The molecule has 2 N–H and O–H groups in total. The van der Waals surface area contributed by atoms with E-state index in [1.54, 1.807) is 0 Å². The Morgan fingerprint density at radius 2 is 1.89 bits per heavy atom. The van der Waals surface area contributed by atoms with Crippen LogP contribution in [0, 0.1) is 0 Å². The van der Waals surface area contributed by atoms with Crippen molar-refractivity contribution in [2.24, 2.45) is 5.73 Å². The predicted octanol–water partition coefficient (Wildman–Crippen LogP) is 1.67. The Morgan fingerprint density at radius 3 is 2.44 bits per heavy atom. The molecular formula is C14H26N2O2. The monoisotopic (exact) mass is 254 g/mol. The fourth-order valence-corrected chi connectivity index (χ4v) is 2.97. The molecule has 2 rings (SSSR count). The zero-order valence-corrected chi connectivity index (χ0v) is 11.4. The first-order chi connectivity index (χ1) is 8.66. The molecule has 1 aliphatic heterocycles. The SMILES string of the molecule is CC(OC1CCCCCC1)C(=O)N1CC[C@@H](N)C1. The average molecular weight is 254 g/mol. The first-order valence-electron chi connectivity index (χ1n) is 7.36. The van der Waals surface area contributed by atoms with Crippen molar-refractivity contribution in [2.75, 3.05) is 13.1 Å². The molecular weight excluding hydrogens is 228 g/mol. The van der Waals surface area contributed by atoms with Crippen molar-refractivity contribution in [2.45, 2.75) is 70.1 Å². The van der Waals surface area contributed by atoms with Crippen molar-refractivity contribution in [1.29, 1.82) is 0 Å². The smallest absolute Gasteiger partial charge is 0.251 e. The molecule has 1 heterocycles. The van der Waals surface area contributed by atoms with Gasteiger partial charge in [-0.2, -0.15) is 0 Å². The van der Waals surface area contributed by atoms with Crippen LogP contribution in [0.5, 0.6) is 0 Å². The van der Waals surface area contributed by atoms with Crippen LogP contribution >= 0.6 is 0 Å². The predicted molar refractivity (Wildman–Crippen MR) is 71.2 cm³/mol. The van der Waals surface area contributed by atoms with Crippen LogP contribution in [0.1, 0.15) is 51.9 Å². The maximum atomic E-state index is 12.2. The average Bonchev–Trinajstić information content (AvgIpc) is 2.62. The summed E-state index contributed by atoms with van der Waals surface area (Å²) in [6, 6.07) is 0.152. The van der Waals surface area contributed by atoms with Crippen molar-refractivity contribution in [3.8, 4) is 0 Å². The van der Waals surface area contributed by atoms with Gasteiger partial charge in [0, 0.05) is 19.1 Å². The van der Waals surface area contributed by atoms with Crippen LogP contribution in [-0.4, -0.2) is 42.1 Å². The minimum atomic E-state index is -0.307. The number of nitrogens with zero attached hydrogens (tertiary/aromatic N) is 1. The Labute approximate surface area is 110 Å². The van der Waals surface area contributed by atoms with Crippen molar-refractivity contribution >= 4 is 5.91 Å². The first kappa shape index (κ1) is 13.8. The molecule has 0 spiro atoms. The lowest BCUT2D eigenvalue weighted by Gasteiger charge is -2.24. The van der Waals surface area contributed by atoms with Gasteiger partial charge in [0.05, 0.1) is 6.10 Å². The Kier molecular flexibility index (Phi) is 5.01. The molecule has 1 saturated heterocycles. The summed E-state index contributed by atoms with van der Waals surface area (Å²) in [5.74, 6) is 0.118. The van der Waals surface area contributed by atoms with Crippen LogP contribution in [0.25, 0.3) is 0 Å².